The molecule has 0 fully saturated rings. The quantitative estimate of drug-likeness (QED) is 0.901. The van der Waals surface area contributed by atoms with E-state index in [4.69, 9.17) is 5.73 Å². The smallest absolute Gasteiger partial charge is 0.384 e. The molecule has 4 nitrogen and oxygen atoms in total. The number of halogens is 3. The standard InChI is InChI=1S/C12H13F3N4/c1-19-11(16)8(7-18-19)6-17-10-5-3-2-4-9(10)12(13,14)15/h2-5,7,17H,6,16H2,1H3. The number of aromatic nitrogens is 2. The molecule has 1 aromatic heterocycles. The number of nitrogens with two attached hydrogens (primary N) is 1. The lowest BCUT2D eigenvalue weighted by atomic mass is 10.1. The van der Waals surface area contributed by atoms with Crippen LogP contribution < -0.4 is 11.1 Å². The van der Waals surface area contributed by atoms with Crippen LogP contribution in [0.5, 0.6) is 0 Å². The molecule has 1 aromatic carbocycles. The van der Waals surface area contributed by atoms with E-state index in [0.717, 1.165) is 6.07 Å². The van der Waals surface area contributed by atoms with Crippen LogP contribution in [0.15, 0.2) is 30.5 Å². The van der Waals surface area contributed by atoms with Gasteiger partial charge in [0.05, 0.1) is 11.8 Å². The number of rotatable bonds is 3. The Balaban J connectivity index is 2.19. The van der Waals surface area contributed by atoms with E-state index in [9.17, 15) is 13.2 Å². The molecule has 102 valence electrons. The first-order chi connectivity index (χ1) is 8.89. The molecule has 19 heavy (non-hydrogen) atoms. The molecule has 1 heterocycles. The number of hydrogen-bond donors (Lipinski definition) is 2. The minimum absolute atomic E-state index is 0.0262. The van der Waals surface area contributed by atoms with Gasteiger partial charge in [-0.3, -0.25) is 4.68 Å². The summed E-state index contributed by atoms with van der Waals surface area (Å²) in [6.07, 6.45) is -2.86. The lowest BCUT2D eigenvalue weighted by Crippen LogP contribution is -2.11. The summed E-state index contributed by atoms with van der Waals surface area (Å²) in [5.41, 5.74) is 5.71. The van der Waals surface area contributed by atoms with Crippen LogP contribution in [0.1, 0.15) is 11.1 Å². The van der Waals surface area contributed by atoms with Crippen molar-refractivity contribution >= 4 is 11.5 Å². The van der Waals surface area contributed by atoms with Crippen LogP contribution in [0.25, 0.3) is 0 Å². The number of nitrogens with zero attached hydrogens (tertiary/aromatic N) is 2. The van der Waals surface area contributed by atoms with Crippen LogP contribution in [-0.2, 0) is 19.8 Å². The predicted molar refractivity (Wildman–Crippen MR) is 66.4 cm³/mol. The maximum Gasteiger partial charge on any atom is 0.418 e. The lowest BCUT2D eigenvalue weighted by Gasteiger charge is -2.14. The Kier molecular flexibility index (Phi) is 3.37. The number of para-hydroxylation sites is 1. The fraction of sp³-hybridized carbons (Fsp3) is 0.250. The third-order valence-electron chi connectivity index (χ3n) is 2.77. The topological polar surface area (TPSA) is 55.9 Å². The number of anilines is 2. The highest BCUT2D eigenvalue weighted by Crippen LogP contribution is 2.34. The monoisotopic (exact) mass is 270 g/mol. The summed E-state index contributed by atoms with van der Waals surface area (Å²) < 4.78 is 39.8. The minimum Gasteiger partial charge on any atom is -0.384 e. The van der Waals surface area contributed by atoms with Crippen LogP contribution in [0, 0.1) is 0 Å². The van der Waals surface area contributed by atoms with Gasteiger partial charge in [-0.25, -0.2) is 0 Å². The van der Waals surface area contributed by atoms with Gasteiger partial charge < -0.3 is 11.1 Å². The molecule has 0 saturated carbocycles. The molecule has 0 aliphatic rings. The summed E-state index contributed by atoms with van der Waals surface area (Å²) in [4.78, 5) is 0. The van der Waals surface area contributed by atoms with Gasteiger partial charge in [0.25, 0.3) is 0 Å². The third kappa shape index (κ3) is 2.81. The number of hydrogen-bond acceptors (Lipinski definition) is 3. The highest BCUT2D eigenvalue weighted by molar-refractivity contribution is 5.53. The Labute approximate surface area is 108 Å². The van der Waals surface area contributed by atoms with Gasteiger partial charge in [-0.2, -0.15) is 18.3 Å². The molecule has 0 bridgehead atoms. The largest absolute Gasteiger partial charge is 0.418 e. The van der Waals surface area contributed by atoms with Crippen molar-refractivity contribution in [2.75, 3.05) is 11.1 Å². The normalized spacial score (nSPS) is 11.6. The highest BCUT2D eigenvalue weighted by Gasteiger charge is 2.33. The van der Waals surface area contributed by atoms with Gasteiger partial charge in [0.1, 0.15) is 5.82 Å². The molecule has 7 heteroatoms. The molecule has 3 N–H and O–H groups in total. The molecule has 0 unspecified atom stereocenters. The first-order valence-corrected chi connectivity index (χ1v) is 5.56. The fourth-order valence-electron chi connectivity index (χ4n) is 1.70. The summed E-state index contributed by atoms with van der Waals surface area (Å²) in [5.74, 6) is 0.428. The molecule has 0 aliphatic carbocycles. The van der Waals surface area contributed by atoms with Crippen molar-refractivity contribution in [2.24, 2.45) is 7.05 Å². The Morgan fingerprint density at radius 1 is 1.32 bits per heavy atom. The summed E-state index contributed by atoms with van der Waals surface area (Å²) in [7, 11) is 1.67. The maximum absolute atomic E-state index is 12.8. The van der Waals surface area contributed by atoms with Gasteiger partial charge in [-0.15, -0.1) is 0 Å². The molecule has 2 aromatic rings. The van der Waals surface area contributed by atoms with E-state index >= 15 is 0 Å². The molecule has 0 amide bonds. The van der Waals surface area contributed by atoms with E-state index in [-0.39, 0.29) is 12.2 Å². The van der Waals surface area contributed by atoms with Gasteiger partial charge >= 0.3 is 6.18 Å². The number of alkyl halides is 3. The van der Waals surface area contributed by atoms with Crippen LogP contribution in [0.4, 0.5) is 24.7 Å². The number of aryl methyl sites for hydroxylation is 1. The van der Waals surface area contributed by atoms with Crippen molar-refractivity contribution in [3.05, 3.63) is 41.6 Å². The van der Waals surface area contributed by atoms with Crippen LogP contribution >= 0.6 is 0 Å². The Hall–Kier alpha value is -2.18. The van der Waals surface area contributed by atoms with Gasteiger partial charge in [0, 0.05) is 24.8 Å². The van der Waals surface area contributed by atoms with Crippen molar-refractivity contribution in [3.63, 3.8) is 0 Å². The highest BCUT2D eigenvalue weighted by atomic mass is 19.4. The van der Waals surface area contributed by atoms with Crippen LogP contribution in [0.2, 0.25) is 0 Å². The second-order valence-corrected chi connectivity index (χ2v) is 4.08. The zero-order chi connectivity index (χ0) is 14.0. The van der Waals surface area contributed by atoms with E-state index < -0.39 is 11.7 Å². The summed E-state index contributed by atoms with van der Waals surface area (Å²) >= 11 is 0. The van der Waals surface area contributed by atoms with Gasteiger partial charge in [-0.1, -0.05) is 12.1 Å². The first kappa shape index (κ1) is 13.3. The van der Waals surface area contributed by atoms with E-state index in [0.29, 0.717) is 11.4 Å². The molecule has 2 rings (SSSR count). The molecule has 0 saturated heterocycles. The molecule has 0 aliphatic heterocycles. The fourth-order valence-corrected chi connectivity index (χ4v) is 1.70. The van der Waals surface area contributed by atoms with Crippen molar-refractivity contribution in [1.29, 1.82) is 0 Å². The zero-order valence-electron chi connectivity index (χ0n) is 10.2. The second-order valence-electron chi connectivity index (χ2n) is 4.08. The lowest BCUT2D eigenvalue weighted by molar-refractivity contribution is -0.136. The summed E-state index contributed by atoms with van der Waals surface area (Å²) in [5, 5.41) is 6.67. The number of benzene rings is 1. The Morgan fingerprint density at radius 2 is 2.00 bits per heavy atom. The zero-order valence-corrected chi connectivity index (χ0v) is 10.2. The average Bonchev–Trinajstić information content (AvgIpc) is 2.67. The third-order valence-corrected chi connectivity index (χ3v) is 2.77. The van der Waals surface area contributed by atoms with E-state index in [2.05, 4.69) is 10.4 Å². The van der Waals surface area contributed by atoms with Crippen molar-refractivity contribution in [2.45, 2.75) is 12.7 Å². The molecular weight excluding hydrogens is 257 g/mol. The van der Waals surface area contributed by atoms with E-state index in [1.54, 1.807) is 13.1 Å². The van der Waals surface area contributed by atoms with E-state index in [1.165, 1.54) is 23.0 Å². The molecule has 0 radical (unpaired) electrons. The van der Waals surface area contributed by atoms with Gasteiger partial charge in [0.2, 0.25) is 0 Å². The number of nitrogens with one attached hydrogen (secondary N) is 1. The van der Waals surface area contributed by atoms with Gasteiger partial charge in [-0.05, 0) is 12.1 Å². The number of nitrogen functional groups attached to an aromatic ring is 1. The SMILES string of the molecule is Cn1ncc(CNc2ccccc2C(F)(F)F)c1N. The second kappa shape index (κ2) is 4.83. The molecular formula is C12H13F3N4. The Bertz CT molecular complexity index is 575. The van der Waals surface area contributed by atoms with Crippen LogP contribution in [-0.4, -0.2) is 9.78 Å². The Morgan fingerprint density at radius 3 is 2.58 bits per heavy atom. The van der Waals surface area contributed by atoms with Crippen molar-refractivity contribution in [3.8, 4) is 0 Å². The molecule has 0 atom stereocenters. The summed E-state index contributed by atoms with van der Waals surface area (Å²) in [6, 6.07) is 5.32. The van der Waals surface area contributed by atoms with Crippen LogP contribution in [0.3, 0.4) is 0 Å². The summed E-state index contributed by atoms with van der Waals surface area (Å²) in [6.45, 7) is 0.187. The van der Waals surface area contributed by atoms with Crippen molar-refractivity contribution < 1.29 is 13.2 Å². The molecule has 0 spiro atoms. The van der Waals surface area contributed by atoms with Gasteiger partial charge in [0.15, 0.2) is 0 Å². The first-order valence-electron chi connectivity index (χ1n) is 5.56. The van der Waals surface area contributed by atoms with E-state index in [1.807, 2.05) is 0 Å². The maximum atomic E-state index is 12.8. The van der Waals surface area contributed by atoms with Crippen molar-refractivity contribution in [1.82, 2.24) is 9.78 Å². The average molecular weight is 270 g/mol. The minimum atomic E-state index is -4.38. The predicted octanol–water partition coefficient (Wildman–Crippen LogP) is 2.63.